The van der Waals surface area contributed by atoms with Gasteiger partial charge in [0.25, 0.3) is 5.91 Å². The number of likely N-dealkylation sites (tertiary alicyclic amines) is 1. The Hall–Kier alpha value is -5.19. The van der Waals surface area contributed by atoms with E-state index in [1.165, 1.54) is 30.4 Å². The molecular weight excluding hydrogens is 587 g/mol. The van der Waals surface area contributed by atoms with Crippen molar-refractivity contribution in [1.82, 2.24) is 30.0 Å². The highest BCUT2D eigenvalue weighted by molar-refractivity contribution is 5.93. The normalized spacial score (nSPS) is 14.3. The first-order valence-electron chi connectivity index (χ1n) is 15.3. The lowest BCUT2D eigenvalue weighted by atomic mass is 9.94. The highest BCUT2D eigenvalue weighted by Crippen LogP contribution is 2.28. The van der Waals surface area contributed by atoms with Crippen LogP contribution in [-0.2, 0) is 11.3 Å². The van der Waals surface area contributed by atoms with Gasteiger partial charge in [-0.1, -0.05) is 18.2 Å². The molecule has 0 spiro atoms. The largest absolute Gasteiger partial charge is 0.497 e. The molecule has 1 fully saturated rings. The van der Waals surface area contributed by atoms with Crippen LogP contribution in [-0.4, -0.2) is 63.8 Å². The van der Waals surface area contributed by atoms with Gasteiger partial charge < -0.3 is 24.3 Å². The van der Waals surface area contributed by atoms with Crippen molar-refractivity contribution in [3.8, 4) is 22.9 Å². The molecule has 11 heteroatoms. The SMILES string of the molecule is COc1ccc(Cn2cc(C)c3cc(C(C)NC(=O)C4CCN(C(=O)c5cc(-c6cc(OC)ncc6F)[nH]n5)CC4)ccc32)cc1. The molecule has 238 valence electrons. The van der Waals surface area contributed by atoms with Crippen LogP contribution in [0.25, 0.3) is 22.2 Å². The lowest BCUT2D eigenvalue weighted by Gasteiger charge is -2.31. The zero-order valence-corrected chi connectivity index (χ0v) is 26.3. The van der Waals surface area contributed by atoms with Crippen molar-refractivity contribution in [3.63, 3.8) is 0 Å². The number of benzene rings is 2. The number of rotatable bonds is 9. The van der Waals surface area contributed by atoms with Crippen LogP contribution in [0.2, 0.25) is 0 Å². The molecule has 1 atom stereocenters. The van der Waals surface area contributed by atoms with E-state index in [1.807, 2.05) is 19.1 Å². The first-order valence-corrected chi connectivity index (χ1v) is 15.3. The fraction of sp³-hybridized carbons (Fsp3) is 0.314. The third kappa shape index (κ3) is 6.30. The number of hydrogen-bond donors (Lipinski definition) is 2. The molecule has 0 aliphatic carbocycles. The van der Waals surface area contributed by atoms with E-state index < -0.39 is 5.82 Å². The maximum absolute atomic E-state index is 14.4. The molecule has 4 heterocycles. The number of fused-ring (bicyclic) bond motifs is 1. The van der Waals surface area contributed by atoms with Crippen molar-refractivity contribution in [3.05, 3.63) is 95.2 Å². The molecule has 0 bridgehead atoms. The Morgan fingerprint density at radius 3 is 2.54 bits per heavy atom. The first-order chi connectivity index (χ1) is 22.2. The van der Waals surface area contributed by atoms with Gasteiger partial charge in [0.05, 0.1) is 32.2 Å². The standard InChI is InChI=1S/C35H37FN6O4/c1-21-19-42(20-23-5-8-26(45-3)9-6-23)32-10-7-25(15-27(21)32)22(2)38-34(43)24-11-13-41(14-12-24)35(44)31-17-30(39-40-31)28-16-33(46-4)37-18-29(28)36/h5-10,15-19,22,24H,11-14,20H2,1-4H3,(H,38,43)(H,39,40). The van der Waals surface area contributed by atoms with Crippen molar-refractivity contribution in [2.24, 2.45) is 5.92 Å². The average molecular weight is 625 g/mol. The zero-order chi connectivity index (χ0) is 32.4. The number of aromatic amines is 1. The number of H-pyrrole nitrogens is 1. The van der Waals surface area contributed by atoms with Crippen LogP contribution in [0.5, 0.6) is 11.6 Å². The van der Waals surface area contributed by atoms with Crippen LogP contribution in [0.4, 0.5) is 4.39 Å². The van der Waals surface area contributed by atoms with Gasteiger partial charge in [-0.05, 0) is 73.7 Å². The third-order valence-electron chi connectivity index (χ3n) is 8.75. The van der Waals surface area contributed by atoms with Crippen LogP contribution in [0.3, 0.4) is 0 Å². The van der Waals surface area contributed by atoms with E-state index in [1.54, 1.807) is 12.0 Å². The molecule has 1 aliphatic heterocycles. The Labute approximate surface area is 266 Å². The minimum absolute atomic E-state index is 0.0161. The number of carbonyl (C=O) groups is 2. The highest BCUT2D eigenvalue weighted by atomic mass is 19.1. The monoisotopic (exact) mass is 624 g/mol. The van der Waals surface area contributed by atoms with Gasteiger partial charge in [0.2, 0.25) is 11.8 Å². The minimum Gasteiger partial charge on any atom is -0.497 e. The zero-order valence-electron chi connectivity index (χ0n) is 26.3. The number of nitrogens with one attached hydrogen (secondary N) is 2. The molecule has 1 saturated heterocycles. The van der Waals surface area contributed by atoms with Gasteiger partial charge >= 0.3 is 0 Å². The predicted molar refractivity (Wildman–Crippen MR) is 172 cm³/mol. The molecule has 0 radical (unpaired) electrons. The van der Waals surface area contributed by atoms with Crippen LogP contribution in [0, 0.1) is 18.7 Å². The van der Waals surface area contributed by atoms with E-state index in [9.17, 15) is 14.0 Å². The van der Waals surface area contributed by atoms with Gasteiger partial charge in [-0.15, -0.1) is 0 Å². The van der Waals surface area contributed by atoms with E-state index in [2.05, 4.69) is 68.5 Å². The molecule has 5 aromatic rings. The Kier molecular flexibility index (Phi) is 8.74. The molecule has 1 unspecified atom stereocenters. The summed E-state index contributed by atoms with van der Waals surface area (Å²) in [5, 5.41) is 11.2. The van der Waals surface area contributed by atoms with Crippen molar-refractivity contribution >= 4 is 22.7 Å². The lowest BCUT2D eigenvalue weighted by Crippen LogP contribution is -2.43. The van der Waals surface area contributed by atoms with Crippen molar-refractivity contribution in [2.75, 3.05) is 27.3 Å². The second kappa shape index (κ2) is 13.0. The van der Waals surface area contributed by atoms with Crippen LogP contribution in [0.15, 0.2) is 67.0 Å². The Bertz CT molecular complexity index is 1870. The smallest absolute Gasteiger partial charge is 0.274 e. The fourth-order valence-electron chi connectivity index (χ4n) is 6.05. The van der Waals surface area contributed by atoms with Crippen molar-refractivity contribution in [1.29, 1.82) is 0 Å². The van der Waals surface area contributed by atoms with Crippen LogP contribution < -0.4 is 14.8 Å². The predicted octanol–water partition coefficient (Wildman–Crippen LogP) is 5.67. The molecule has 2 N–H and O–H groups in total. The fourth-order valence-corrected chi connectivity index (χ4v) is 6.05. The van der Waals surface area contributed by atoms with E-state index in [4.69, 9.17) is 9.47 Å². The summed E-state index contributed by atoms with van der Waals surface area (Å²) in [6.45, 7) is 5.71. The number of carbonyl (C=O) groups excluding carboxylic acids is 2. The number of nitrogens with zero attached hydrogens (tertiary/aromatic N) is 4. The van der Waals surface area contributed by atoms with Gasteiger partial charge in [0.1, 0.15) is 5.75 Å². The van der Waals surface area contributed by atoms with Gasteiger partial charge in [0.15, 0.2) is 11.5 Å². The number of halogens is 1. The molecule has 0 saturated carbocycles. The molecule has 3 aromatic heterocycles. The van der Waals surface area contributed by atoms with Gasteiger partial charge in [0, 0.05) is 54.3 Å². The Morgan fingerprint density at radius 1 is 1.07 bits per heavy atom. The Morgan fingerprint density at radius 2 is 1.83 bits per heavy atom. The third-order valence-corrected chi connectivity index (χ3v) is 8.75. The summed E-state index contributed by atoms with van der Waals surface area (Å²) in [6, 6.07) is 17.2. The summed E-state index contributed by atoms with van der Waals surface area (Å²) in [6.07, 6.45) is 4.32. The summed E-state index contributed by atoms with van der Waals surface area (Å²) in [5.74, 6) is 0.0569. The molecule has 46 heavy (non-hydrogen) atoms. The summed E-state index contributed by atoms with van der Waals surface area (Å²) >= 11 is 0. The second-order valence-corrected chi connectivity index (χ2v) is 11.7. The second-order valence-electron chi connectivity index (χ2n) is 11.7. The number of piperidine rings is 1. The van der Waals surface area contributed by atoms with E-state index in [-0.39, 0.29) is 40.9 Å². The summed E-state index contributed by atoms with van der Waals surface area (Å²) in [4.78, 5) is 32.0. The van der Waals surface area contributed by atoms with Crippen LogP contribution in [0.1, 0.15) is 53.0 Å². The molecule has 2 aromatic carbocycles. The molecule has 1 aliphatic rings. The maximum Gasteiger partial charge on any atom is 0.274 e. The number of methoxy groups -OCH3 is 2. The summed E-state index contributed by atoms with van der Waals surface area (Å²) in [7, 11) is 3.11. The number of ether oxygens (including phenoxy) is 2. The van der Waals surface area contributed by atoms with E-state index in [0.717, 1.165) is 35.0 Å². The number of pyridine rings is 1. The summed E-state index contributed by atoms with van der Waals surface area (Å²) < 4.78 is 27.0. The van der Waals surface area contributed by atoms with Crippen molar-refractivity contribution in [2.45, 2.75) is 39.3 Å². The number of hydrogen-bond acceptors (Lipinski definition) is 6. The topological polar surface area (TPSA) is 114 Å². The van der Waals surface area contributed by atoms with Crippen molar-refractivity contribution < 1.29 is 23.5 Å². The number of aromatic nitrogens is 4. The Balaban J connectivity index is 1.05. The van der Waals surface area contributed by atoms with Gasteiger partial charge in [-0.25, -0.2) is 9.37 Å². The quantitative estimate of drug-likeness (QED) is 0.219. The number of aryl methyl sites for hydroxylation is 1. The van der Waals surface area contributed by atoms with Crippen LogP contribution >= 0.6 is 0 Å². The minimum atomic E-state index is -0.553. The lowest BCUT2D eigenvalue weighted by molar-refractivity contribution is -0.127. The first kappa shape index (κ1) is 30.8. The van der Waals surface area contributed by atoms with E-state index >= 15 is 0 Å². The van der Waals surface area contributed by atoms with Gasteiger partial charge in [-0.3, -0.25) is 14.7 Å². The molecular formula is C35H37FN6O4. The molecule has 6 rings (SSSR count). The molecule has 10 nitrogen and oxygen atoms in total. The van der Waals surface area contributed by atoms with Gasteiger partial charge in [-0.2, -0.15) is 5.10 Å². The average Bonchev–Trinajstić information content (AvgIpc) is 3.69. The molecule has 2 amide bonds. The van der Waals surface area contributed by atoms with E-state index in [0.29, 0.717) is 31.6 Å². The highest BCUT2D eigenvalue weighted by Gasteiger charge is 2.30. The summed E-state index contributed by atoms with van der Waals surface area (Å²) in [5.41, 5.74) is 5.29. The number of amides is 2. The maximum atomic E-state index is 14.4.